The number of benzene rings is 1. The topological polar surface area (TPSA) is 12.0 Å². The van der Waals surface area contributed by atoms with E-state index in [0.29, 0.717) is 10.8 Å². The molecule has 1 aliphatic rings. The highest BCUT2D eigenvalue weighted by atomic mass is 14.9. The second-order valence-electron chi connectivity index (χ2n) is 6.95. The smallest absolute Gasteiger partial charge is 0.00881 e. The van der Waals surface area contributed by atoms with Crippen molar-refractivity contribution in [1.29, 1.82) is 0 Å². The van der Waals surface area contributed by atoms with E-state index < -0.39 is 0 Å². The predicted octanol–water partition coefficient (Wildman–Crippen LogP) is 3.97. The lowest BCUT2D eigenvalue weighted by Gasteiger charge is -2.54. The van der Waals surface area contributed by atoms with Gasteiger partial charge in [0.1, 0.15) is 0 Å². The summed E-state index contributed by atoms with van der Waals surface area (Å²) in [5, 5.41) is 3.57. The minimum Gasteiger partial charge on any atom is -0.316 e. The van der Waals surface area contributed by atoms with Crippen LogP contribution in [-0.2, 0) is 5.41 Å². The van der Waals surface area contributed by atoms with Crippen molar-refractivity contribution in [2.24, 2.45) is 5.41 Å². The summed E-state index contributed by atoms with van der Waals surface area (Å²) in [6, 6.07) is 7.05. The molecule has 0 spiro atoms. The monoisotopic (exact) mass is 245 g/mol. The van der Waals surface area contributed by atoms with Crippen LogP contribution in [0.15, 0.2) is 18.2 Å². The molecule has 0 aromatic heterocycles. The van der Waals surface area contributed by atoms with Gasteiger partial charge in [0.25, 0.3) is 0 Å². The Balaban J connectivity index is 2.29. The van der Waals surface area contributed by atoms with Crippen molar-refractivity contribution >= 4 is 0 Å². The minimum atomic E-state index is 0.371. The van der Waals surface area contributed by atoms with E-state index in [1.54, 1.807) is 5.56 Å². The summed E-state index contributed by atoms with van der Waals surface area (Å²) in [7, 11) is 0. The molecule has 100 valence electrons. The molecule has 18 heavy (non-hydrogen) atoms. The van der Waals surface area contributed by atoms with E-state index in [4.69, 9.17) is 0 Å². The molecule has 1 N–H and O–H groups in total. The van der Waals surface area contributed by atoms with Crippen LogP contribution in [0.1, 0.15) is 50.3 Å². The van der Waals surface area contributed by atoms with Crippen molar-refractivity contribution in [3.8, 4) is 0 Å². The third kappa shape index (κ3) is 2.61. The van der Waals surface area contributed by atoms with Crippen molar-refractivity contribution in [3.63, 3.8) is 0 Å². The lowest BCUT2D eigenvalue weighted by molar-refractivity contribution is 0.0566. The van der Waals surface area contributed by atoms with Crippen LogP contribution in [0.3, 0.4) is 0 Å². The van der Waals surface area contributed by atoms with Gasteiger partial charge >= 0.3 is 0 Å². The summed E-state index contributed by atoms with van der Waals surface area (Å²) in [4.78, 5) is 0. The highest BCUT2D eigenvalue weighted by Crippen LogP contribution is 2.55. The third-order valence-corrected chi connectivity index (χ3v) is 4.18. The lowest BCUT2D eigenvalue weighted by atomic mass is 9.51. The van der Waals surface area contributed by atoms with E-state index in [1.165, 1.54) is 24.0 Å². The van der Waals surface area contributed by atoms with E-state index in [0.717, 1.165) is 13.1 Å². The van der Waals surface area contributed by atoms with E-state index in [9.17, 15) is 0 Å². The summed E-state index contributed by atoms with van der Waals surface area (Å²) in [6.07, 6.45) is 2.60. The molecule has 1 aliphatic carbocycles. The summed E-state index contributed by atoms with van der Waals surface area (Å²) < 4.78 is 0. The highest BCUT2D eigenvalue weighted by Gasteiger charge is 2.49. The average molecular weight is 245 g/mol. The van der Waals surface area contributed by atoms with Crippen molar-refractivity contribution in [1.82, 2.24) is 5.32 Å². The Kier molecular flexibility index (Phi) is 3.55. The van der Waals surface area contributed by atoms with Crippen LogP contribution in [0.2, 0.25) is 0 Å². The first-order valence-corrected chi connectivity index (χ1v) is 7.16. The maximum Gasteiger partial charge on any atom is 0.00881 e. The maximum absolute atomic E-state index is 3.57. The summed E-state index contributed by atoms with van der Waals surface area (Å²) in [5.74, 6) is 0. The van der Waals surface area contributed by atoms with Gasteiger partial charge in [-0.1, -0.05) is 50.1 Å². The molecular formula is C17H27N. The molecule has 1 aromatic rings. The molecule has 2 rings (SSSR count). The second-order valence-corrected chi connectivity index (χ2v) is 6.95. The molecule has 1 fully saturated rings. The fourth-order valence-electron chi connectivity index (χ4n) is 3.86. The van der Waals surface area contributed by atoms with Gasteiger partial charge in [-0.3, -0.25) is 0 Å². The molecule has 1 heteroatoms. The van der Waals surface area contributed by atoms with Gasteiger partial charge < -0.3 is 5.32 Å². The van der Waals surface area contributed by atoms with Gasteiger partial charge in [0.2, 0.25) is 0 Å². The first-order chi connectivity index (χ1) is 8.37. The van der Waals surface area contributed by atoms with Crippen molar-refractivity contribution in [3.05, 3.63) is 34.9 Å². The maximum atomic E-state index is 3.57. The van der Waals surface area contributed by atoms with Crippen molar-refractivity contribution in [2.75, 3.05) is 13.1 Å². The van der Waals surface area contributed by atoms with E-state index in [-0.39, 0.29) is 0 Å². The van der Waals surface area contributed by atoms with E-state index in [2.05, 4.69) is 58.1 Å². The number of hydrogen-bond donors (Lipinski definition) is 1. The molecule has 1 aromatic carbocycles. The number of aryl methyl sites for hydroxylation is 2. The Morgan fingerprint density at radius 1 is 1.06 bits per heavy atom. The molecule has 0 saturated heterocycles. The van der Waals surface area contributed by atoms with Crippen LogP contribution >= 0.6 is 0 Å². The first kappa shape index (κ1) is 13.6. The average Bonchev–Trinajstić information content (AvgIpc) is 2.21. The van der Waals surface area contributed by atoms with Gasteiger partial charge in [-0.15, -0.1) is 0 Å². The van der Waals surface area contributed by atoms with Gasteiger partial charge in [-0.2, -0.15) is 0 Å². The molecule has 1 saturated carbocycles. The fraction of sp³-hybridized carbons (Fsp3) is 0.647. The molecule has 0 radical (unpaired) electrons. The van der Waals surface area contributed by atoms with Crippen LogP contribution in [-0.4, -0.2) is 13.1 Å². The molecule has 0 heterocycles. The Labute approximate surface area is 112 Å². The zero-order valence-electron chi connectivity index (χ0n) is 12.6. The second kappa shape index (κ2) is 4.70. The molecular weight excluding hydrogens is 218 g/mol. The highest BCUT2D eigenvalue weighted by molar-refractivity contribution is 5.37. The van der Waals surface area contributed by atoms with Crippen molar-refractivity contribution < 1.29 is 0 Å². The van der Waals surface area contributed by atoms with Crippen LogP contribution in [0.5, 0.6) is 0 Å². The Morgan fingerprint density at radius 3 is 2.06 bits per heavy atom. The largest absolute Gasteiger partial charge is 0.316 e. The van der Waals surface area contributed by atoms with Crippen LogP contribution in [0.4, 0.5) is 0 Å². The Bertz CT molecular complexity index is 403. The Hall–Kier alpha value is -0.820. The molecule has 1 nitrogen and oxygen atoms in total. The summed E-state index contributed by atoms with van der Waals surface area (Å²) in [6.45, 7) is 13.6. The number of rotatable bonds is 4. The Morgan fingerprint density at radius 2 is 1.61 bits per heavy atom. The number of hydrogen-bond acceptors (Lipinski definition) is 1. The van der Waals surface area contributed by atoms with Gasteiger partial charge in [0, 0.05) is 12.0 Å². The first-order valence-electron chi connectivity index (χ1n) is 7.16. The lowest BCUT2D eigenvalue weighted by Crippen LogP contribution is -2.52. The normalized spacial score (nSPS) is 20.5. The van der Waals surface area contributed by atoms with Crippen LogP contribution in [0.25, 0.3) is 0 Å². The van der Waals surface area contributed by atoms with Crippen LogP contribution in [0, 0.1) is 19.3 Å². The minimum absolute atomic E-state index is 0.371. The number of likely N-dealkylation sites (N-methyl/N-ethyl adjacent to an activating group) is 1. The van der Waals surface area contributed by atoms with E-state index >= 15 is 0 Å². The van der Waals surface area contributed by atoms with Gasteiger partial charge in [0.05, 0.1) is 0 Å². The van der Waals surface area contributed by atoms with Gasteiger partial charge in [0.15, 0.2) is 0 Å². The SMILES string of the molecule is CCNCC1(c2cc(C)cc(C)c2)CC(C)(C)C1. The zero-order chi connectivity index (χ0) is 13.4. The number of nitrogens with one attached hydrogen (secondary N) is 1. The molecule has 0 aliphatic heterocycles. The van der Waals surface area contributed by atoms with E-state index in [1.807, 2.05) is 0 Å². The fourth-order valence-corrected chi connectivity index (χ4v) is 3.86. The van der Waals surface area contributed by atoms with Crippen molar-refractivity contribution in [2.45, 2.75) is 52.9 Å². The molecule has 0 unspecified atom stereocenters. The quantitative estimate of drug-likeness (QED) is 0.846. The van der Waals surface area contributed by atoms with Gasteiger partial charge in [-0.05, 0) is 44.2 Å². The zero-order valence-corrected chi connectivity index (χ0v) is 12.6. The standard InChI is InChI=1S/C17H27N/c1-6-18-12-17(10-16(4,5)11-17)15-8-13(2)7-14(3)9-15/h7-9,18H,6,10-12H2,1-5H3. The predicted molar refractivity (Wildman–Crippen MR) is 79.2 cm³/mol. The third-order valence-electron chi connectivity index (χ3n) is 4.18. The van der Waals surface area contributed by atoms with Crippen LogP contribution < -0.4 is 5.32 Å². The van der Waals surface area contributed by atoms with Gasteiger partial charge in [-0.25, -0.2) is 0 Å². The molecule has 0 bridgehead atoms. The molecule has 0 atom stereocenters. The summed E-state index contributed by atoms with van der Waals surface area (Å²) in [5.41, 5.74) is 5.21. The molecule has 0 amide bonds. The summed E-state index contributed by atoms with van der Waals surface area (Å²) >= 11 is 0.